The van der Waals surface area contributed by atoms with E-state index in [4.69, 9.17) is 4.74 Å². The fourth-order valence-electron chi connectivity index (χ4n) is 2.09. The third kappa shape index (κ3) is 2.36. The summed E-state index contributed by atoms with van der Waals surface area (Å²) in [7, 11) is 0. The van der Waals surface area contributed by atoms with Gasteiger partial charge in [-0.1, -0.05) is 18.2 Å². The minimum atomic E-state index is -0.246. The van der Waals surface area contributed by atoms with Gasteiger partial charge in [-0.25, -0.2) is 4.39 Å². The van der Waals surface area contributed by atoms with Crippen LogP contribution in [0, 0.1) is 5.82 Å². The lowest BCUT2D eigenvalue weighted by Gasteiger charge is -2.09. The summed E-state index contributed by atoms with van der Waals surface area (Å²) in [6, 6.07) is 11.6. The van der Waals surface area contributed by atoms with E-state index in [0.717, 1.165) is 29.7 Å². The number of phenols is 1. The number of aromatic hydroxyl groups is 1. The zero-order valence-electron chi connectivity index (χ0n) is 9.77. The van der Waals surface area contributed by atoms with Crippen molar-refractivity contribution in [2.24, 2.45) is 0 Å². The van der Waals surface area contributed by atoms with Gasteiger partial charge in [0.05, 0.1) is 12.7 Å². The van der Waals surface area contributed by atoms with Crippen molar-refractivity contribution in [3.63, 3.8) is 0 Å². The van der Waals surface area contributed by atoms with Gasteiger partial charge in [0, 0.05) is 6.42 Å². The zero-order chi connectivity index (χ0) is 12.5. The second-order valence-corrected chi connectivity index (χ2v) is 4.51. The molecule has 92 valence electrons. The molecule has 3 heteroatoms. The van der Waals surface area contributed by atoms with Gasteiger partial charge in [0.25, 0.3) is 0 Å². The van der Waals surface area contributed by atoms with Gasteiger partial charge in [0.2, 0.25) is 0 Å². The van der Waals surface area contributed by atoms with Crippen LogP contribution in [0.3, 0.4) is 0 Å². The van der Waals surface area contributed by atoms with Crippen molar-refractivity contribution in [2.75, 3.05) is 6.61 Å². The van der Waals surface area contributed by atoms with E-state index in [1.807, 2.05) is 6.07 Å². The van der Waals surface area contributed by atoms with Crippen LogP contribution in [0.1, 0.15) is 5.56 Å². The molecule has 0 aliphatic carbocycles. The molecule has 18 heavy (non-hydrogen) atoms. The Balaban J connectivity index is 2.01. The van der Waals surface area contributed by atoms with Crippen molar-refractivity contribution in [1.82, 2.24) is 0 Å². The molecule has 1 heterocycles. The van der Waals surface area contributed by atoms with E-state index in [2.05, 4.69) is 0 Å². The van der Waals surface area contributed by atoms with E-state index in [-0.39, 0.29) is 17.7 Å². The molecule has 2 nitrogen and oxygen atoms in total. The van der Waals surface area contributed by atoms with Gasteiger partial charge < -0.3 is 9.84 Å². The molecule has 3 rings (SSSR count). The number of epoxide rings is 1. The monoisotopic (exact) mass is 244 g/mol. The van der Waals surface area contributed by atoms with Crippen LogP contribution in [-0.4, -0.2) is 17.8 Å². The van der Waals surface area contributed by atoms with E-state index >= 15 is 0 Å². The second-order valence-electron chi connectivity index (χ2n) is 4.51. The summed E-state index contributed by atoms with van der Waals surface area (Å²) < 4.78 is 18.1. The Hall–Kier alpha value is -1.87. The predicted octanol–water partition coefficient (Wildman–Crippen LogP) is 3.14. The molecule has 2 aromatic rings. The molecular weight excluding hydrogens is 231 g/mol. The largest absolute Gasteiger partial charge is 0.508 e. The Kier molecular flexibility index (Phi) is 2.76. The average Bonchev–Trinajstić information content (AvgIpc) is 3.15. The minimum absolute atomic E-state index is 0.246. The van der Waals surface area contributed by atoms with Gasteiger partial charge in [0.1, 0.15) is 11.6 Å². The molecule has 0 aromatic heterocycles. The van der Waals surface area contributed by atoms with Crippen molar-refractivity contribution in [1.29, 1.82) is 0 Å². The standard InChI is InChI=1S/C15H13FO2/c16-12-3-1-10(2-4-12)15-6-5-13(17)7-11(15)8-14-9-18-14/h1-7,14,17H,8-9H2. The molecule has 2 aromatic carbocycles. The predicted molar refractivity (Wildman–Crippen MR) is 66.9 cm³/mol. The van der Waals surface area contributed by atoms with E-state index < -0.39 is 0 Å². The summed E-state index contributed by atoms with van der Waals surface area (Å²) in [5.74, 6) is 0.00103. The quantitative estimate of drug-likeness (QED) is 0.841. The smallest absolute Gasteiger partial charge is 0.123 e. The maximum absolute atomic E-state index is 12.9. The normalized spacial score (nSPS) is 17.7. The van der Waals surface area contributed by atoms with Crippen molar-refractivity contribution in [3.8, 4) is 16.9 Å². The fraction of sp³-hybridized carbons (Fsp3) is 0.200. The summed E-state index contributed by atoms with van der Waals surface area (Å²) in [5, 5.41) is 9.56. The first-order valence-electron chi connectivity index (χ1n) is 5.92. The number of halogens is 1. The molecule has 1 atom stereocenters. The molecule has 1 unspecified atom stereocenters. The number of rotatable bonds is 3. The highest BCUT2D eigenvalue weighted by atomic mass is 19.1. The number of hydrogen-bond acceptors (Lipinski definition) is 2. The molecule has 1 saturated heterocycles. The summed E-state index contributed by atoms with van der Waals surface area (Å²) in [6.07, 6.45) is 1.03. The Bertz CT molecular complexity index is 559. The van der Waals surface area contributed by atoms with Crippen molar-refractivity contribution < 1.29 is 14.2 Å². The second kappa shape index (κ2) is 4.42. The Morgan fingerprint density at radius 3 is 2.56 bits per heavy atom. The van der Waals surface area contributed by atoms with Crippen molar-refractivity contribution in [2.45, 2.75) is 12.5 Å². The van der Waals surface area contributed by atoms with E-state index in [1.54, 1.807) is 24.3 Å². The van der Waals surface area contributed by atoms with Crippen LogP contribution in [0.4, 0.5) is 4.39 Å². The molecule has 0 spiro atoms. The number of ether oxygens (including phenoxy) is 1. The third-order valence-electron chi connectivity index (χ3n) is 3.09. The Morgan fingerprint density at radius 2 is 1.89 bits per heavy atom. The van der Waals surface area contributed by atoms with E-state index in [0.29, 0.717) is 0 Å². The lowest BCUT2D eigenvalue weighted by molar-refractivity contribution is 0.407. The zero-order valence-corrected chi connectivity index (χ0v) is 9.77. The molecule has 0 amide bonds. The first-order chi connectivity index (χ1) is 8.72. The maximum Gasteiger partial charge on any atom is 0.123 e. The highest BCUT2D eigenvalue weighted by molar-refractivity contribution is 5.68. The van der Waals surface area contributed by atoms with Crippen LogP contribution in [0.2, 0.25) is 0 Å². The van der Waals surface area contributed by atoms with Gasteiger partial charge in [-0.05, 0) is 41.0 Å². The highest BCUT2D eigenvalue weighted by Gasteiger charge is 2.24. The van der Waals surface area contributed by atoms with Gasteiger partial charge in [-0.15, -0.1) is 0 Å². The van der Waals surface area contributed by atoms with Crippen LogP contribution < -0.4 is 0 Å². The Labute approximate surface area is 105 Å². The first-order valence-corrected chi connectivity index (χ1v) is 5.92. The summed E-state index contributed by atoms with van der Waals surface area (Å²) in [6.45, 7) is 0.776. The lowest BCUT2D eigenvalue weighted by Crippen LogP contribution is -1.96. The summed E-state index contributed by atoms with van der Waals surface area (Å²) >= 11 is 0. The molecule has 1 aliphatic rings. The third-order valence-corrected chi connectivity index (χ3v) is 3.09. The number of hydrogen-bond donors (Lipinski definition) is 1. The van der Waals surface area contributed by atoms with Gasteiger partial charge >= 0.3 is 0 Å². The van der Waals surface area contributed by atoms with Crippen LogP contribution >= 0.6 is 0 Å². The van der Waals surface area contributed by atoms with Crippen molar-refractivity contribution >= 4 is 0 Å². The van der Waals surface area contributed by atoms with Crippen LogP contribution in [0.15, 0.2) is 42.5 Å². The molecule has 0 saturated carbocycles. The summed E-state index contributed by atoms with van der Waals surface area (Å²) in [4.78, 5) is 0. The van der Waals surface area contributed by atoms with E-state index in [1.165, 1.54) is 12.1 Å². The Morgan fingerprint density at radius 1 is 1.17 bits per heavy atom. The van der Waals surface area contributed by atoms with Crippen LogP contribution in [-0.2, 0) is 11.2 Å². The van der Waals surface area contributed by atoms with Gasteiger partial charge in [-0.2, -0.15) is 0 Å². The molecule has 0 bridgehead atoms. The molecule has 1 N–H and O–H groups in total. The molecule has 0 radical (unpaired) electrons. The molecular formula is C15H13FO2. The summed E-state index contributed by atoms with van der Waals surface area (Å²) in [5.41, 5.74) is 3.00. The van der Waals surface area contributed by atoms with Crippen LogP contribution in [0.5, 0.6) is 5.75 Å². The molecule has 1 aliphatic heterocycles. The number of benzene rings is 2. The van der Waals surface area contributed by atoms with Gasteiger partial charge in [-0.3, -0.25) is 0 Å². The SMILES string of the molecule is Oc1ccc(-c2ccc(F)cc2)c(CC2CO2)c1. The highest BCUT2D eigenvalue weighted by Crippen LogP contribution is 2.30. The van der Waals surface area contributed by atoms with Crippen LogP contribution in [0.25, 0.3) is 11.1 Å². The fourth-order valence-corrected chi connectivity index (χ4v) is 2.09. The average molecular weight is 244 g/mol. The van der Waals surface area contributed by atoms with E-state index in [9.17, 15) is 9.50 Å². The molecule has 1 fully saturated rings. The minimum Gasteiger partial charge on any atom is -0.508 e. The topological polar surface area (TPSA) is 32.8 Å². The lowest BCUT2D eigenvalue weighted by atomic mass is 9.96. The maximum atomic E-state index is 12.9. The first kappa shape index (κ1) is 11.2. The van der Waals surface area contributed by atoms with Gasteiger partial charge in [0.15, 0.2) is 0 Å². The number of phenolic OH excluding ortho intramolecular Hbond substituents is 1. The van der Waals surface area contributed by atoms with Crippen molar-refractivity contribution in [3.05, 3.63) is 53.8 Å².